The Labute approximate surface area is 151 Å². The number of anilines is 2. The summed E-state index contributed by atoms with van der Waals surface area (Å²) in [6.45, 7) is 2.42. The number of nitrogens with two attached hydrogens (primary N) is 1. The number of aryl methyl sites for hydroxylation is 1. The van der Waals surface area contributed by atoms with Crippen LogP contribution in [0.15, 0.2) is 76.3 Å². The van der Waals surface area contributed by atoms with E-state index in [0.29, 0.717) is 18.2 Å². The van der Waals surface area contributed by atoms with Crippen LogP contribution >= 0.6 is 0 Å². The van der Waals surface area contributed by atoms with Gasteiger partial charge < -0.3 is 20.8 Å². The first-order chi connectivity index (χ1) is 12.6. The van der Waals surface area contributed by atoms with Gasteiger partial charge in [0.1, 0.15) is 0 Å². The molecule has 0 bridgehead atoms. The number of guanidine groups is 1. The Morgan fingerprint density at radius 2 is 1.85 bits per heavy atom. The van der Waals surface area contributed by atoms with Crippen LogP contribution in [0.2, 0.25) is 0 Å². The molecule has 0 aliphatic heterocycles. The van der Waals surface area contributed by atoms with Gasteiger partial charge in [-0.05, 0) is 48.9 Å². The summed E-state index contributed by atoms with van der Waals surface area (Å²) in [4.78, 5) is 16.4. The highest BCUT2D eigenvalue weighted by Crippen LogP contribution is 2.14. The Kier molecular flexibility index (Phi) is 5.34. The van der Waals surface area contributed by atoms with Crippen LogP contribution in [0.3, 0.4) is 0 Å². The van der Waals surface area contributed by atoms with E-state index in [0.717, 1.165) is 11.3 Å². The van der Waals surface area contributed by atoms with Crippen LogP contribution in [0.5, 0.6) is 0 Å². The third-order valence-electron chi connectivity index (χ3n) is 3.69. The number of furan rings is 1. The summed E-state index contributed by atoms with van der Waals surface area (Å²) in [7, 11) is 0. The second-order valence-electron chi connectivity index (χ2n) is 5.82. The van der Waals surface area contributed by atoms with Crippen LogP contribution in [0, 0.1) is 6.92 Å². The highest BCUT2D eigenvalue weighted by molar-refractivity contribution is 6.02. The highest BCUT2D eigenvalue weighted by atomic mass is 16.3. The lowest BCUT2D eigenvalue weighted by Gasteiger charge is -2.07. The Morgan fingerprint density at radius 1 is 1.04 bits per heavy atom. The predicted octanol–water partition coefficient (Wildman–Crippen LogP) is 3.77. The van der Waals surface area contributed by atoms with Crippen molar-refractivity contribution in [1.82, 2.24) is 0 Å². The highest BCUT2D eigenvalue weighted by Gasteiger charge is 2.08. The van der Waals surface area contributed by atoms with Crippen LogP contribution in [0.25, 0.3) is 0 Å². The fourth-order valence-corrected chi connectivity index (χ4v) is 2.35. The summed E-state index contributed by atoms with van der Waals surface area (Å²) in [5.41, 5.74) is 9.59. The fourth-order valence-electron chi connectivity index (χ4n) is 2.35. The van der Waals surface area contributed by atoms with Gasteiger partial charge in [-0.15, -0.1) is 0 Å². The fraction of sp³-hybridized carbons (Fsp3) is 0.100. The molecule has 3 aromatic rings. The Hall–Kier alpha value is -3.54. The van der Waals surface area contributed by atoms with E-state index in [1.54, 1.807) is 12.1 Å². The zero-order chi connectivity index (χ0) is 18.4. The van der Waals surface area contributed by atoms with Crippen molar-refractivity contribution in [3.8, 4) is 0 Å². The van der Waals surface area contributed by atoms with E-state index >= 15 is 0 Å². The maximum atomic E-state index is 12.0. The summed E-state index contributed by atoms with van der Waals surface area (Å²) < 4.78 is 5.08. The topological polar surface area (TPSA) is 92.6 Å². The van der Waals surface area contributed by atoms with E-state index in [1.807, 2.05) is 55.5 Å². The van der Waals surface area contributed by atoms with Crippen molar-refractivity contribution in [1.29, 1.82) is 0 Å². The van der Waals surface area contributed by atoms with Gasteiger partial charge in [0.15, 0.2) is 11.7 Å². The zero-order valence-corrected chi connectivity index (χ0v) is 14.4. The number of aliphatic imine (C=N–C) groups is 1. The van der Waals surface area contributed by atoms with Crippen LogP contribution < -0.4 is 16.4 Å². The van der Waals surface area contributed by atoms with E-state index in [9.17, 15) is 4.79 Å². The van der Waals surface area contributed by atoms with Crippen LogP contribution in [-0.2, 0) is 6.54 Å². The van der Waals surface area contributed by atoms with Gasteiger partial charge in [0.2, 0.25) is 0 Å². The zero-order valence-electron chi connectivity index (χ0n) is 14.4. The summed E-state index contributed by atoms with van der Waals surface area (Å²) >= 11 is 0. The lowest BCUT2D eigenvalue weighted by molar-refractivity contribution is 0.0996. The molecule has 4 N–H and O–H groups in total. The number of carbonyl (C=O) groups is 1. The standard InChI is InChI=1S/C20H20N4O2/c1-14-7-9-16(10-8-14)24-20(21)22-13-15-4-2-5-17(12-15)23-19(25)18-6-3-11-26-18/h2-12H,13H2,1H3,(H,23,25)(H3,21,22,24). The van der Waals surface area contributed by atoms with Gasteiger partial charge in [0.05, 0.1) is 12.8 Å². The minimum absolute atomic E-state index is 0.264. The molecule has 0 fully saturated rings. The lowest BCUT2D eigenvalue weighted by Crippen LogP contribution is -2.22. The molecule has 6 heteroatoms. The molecule has 3 rings (SSSR count). The molecule has 2 aromatic carbocycles. The molecule has 132 valence electrons. The van der Waals surface area contributed by atoms with Crippen LogP contribution in [-0.4, -0.2) is 11.9 Å². The second-order valence-corrected chi connectivity index (χ2v) is 5.82. The molecular formula is C20H20N4O2. The van der Waals surface area contributed by atoms with E-state index in [4.69, 9.17) is 10.2 Å². The molecule has 0 spiro atoms. The summed E-state index contributed by atoms with van der Waals surface area (Å²) in [5, 5.41) is 5.84. The van der Waals surface area contributed by atoms with Gasteiger partial charge in [-0.25, -0.2) is 4.99 Å². The molecule has 1 heterocycles. The van der Waals surface area contributed by atoms with Gasteiger partial charge in [0.25, 0.3) is 5.91 Å². The van der Waals surface area contributed by atoms with Crippen molar-refractivity contribution >= 4 is 23.2 Å². The molecule has 1 amide bonds. The number of hydrogen-bond donors (Lipinski definition) is 3. The van der Waals surface area contributed by atoms with Crippen molar-refractivity contribution in [2.24, 2.45) is 10.7 Å². The molecule has 1 aromatic heterocycles. The maximum Gasteiger partial charge on any atom is 0.291 e. The largest absolute Gasteiger partial charge is 0.459 e. The number of hydrogen-bond acceptors (Lipinski definition) is 3. The van der Waals surface area contributed by atoms with Crippen molar-refractivity contribution in [2.45, 2.75) is 13.5 Å². The van der Waals surface area contributed by atoms with E-state index in [-0.39, 0.29) is 11.7 Å². The van der Waals surface area contributed by atoms with Gasteiger partial charge >= 0.3 is 0 Å². The number of amides is 1. The third-order valence-corrected chi connectivity index (χ3v) is 3.69. The molecule has 0 radical (unpaired) electrons. The minimum Gasteiger partial charge on any atom is -0.459 e. The molecule has 0 atom stereocenters. The predicted molar refractivity (Wildman–Crippen MR) is 103 cm³/mol. The van der Waals surface area contributed by atoms with Crippen molar-refractivity contribution in [2.75, 3.05) is 10.6 Å². The first-order valence-electron chi connectivity index (χ1n) is 8.17. The smallest absolute Gasteiger partial charge is 0.291 e. The van der Waals surface area contributed by atoms with Crippen molar-refractivity contribution in [3.63, 3.8) is 0 Å². The Balaban J connectivity index is 1.61. The molecular weight excluding hydrogens is 328 g/mol. The summed E-state index contributed by atoms with van der Waals surface area (Å²) in [5.74, 6) is 0.301. The van der Waals surface area contributed by atoms with Gasteiger partial charge in [-0.3, -0.25) is 4.79 Å². The quantitative estimate of drug-likeness (QED) is 0.483. The molecule has 0 aliphatic carbocycles. The summed E-state index contributed by atoms with van der Waals surface area (Å²) in [6.07, 6.45) is 1.46. The average Bonchev–Trinajstić information content (AvgIpc) is 3.17. The monoisotopic (exact) mass is 348 g/mol. The number of carbonyl (C=O) groups excluding carboxylic acids is 1. The van der Waals surface area contributed by atoms with Gasteiger partial charge in [-0.1, -0.05) is 29.8 Å². The van der Waals surface area contributed by atoms with Crippen LogP contribution in [0.4, 0.5) is 11.4 Å². The third kappa shape index (κ3) is 4.73. The summed E-state index contributed by atoms with van der Waals surface area (Å²) in [6, 6.07) is 18.6. The molecule has 0 aliphatic rings. The first-order valence-corrected chi connectivity index (χ1v) is 8.17. The number of benzene rings is 2. The second kappa shape index (κ2) is 8.02. The molecule has 26 heavy (non-hydrogen) atoms. The Morgan fingerprint density at radius 3 is 2.58 bits per heavy atom. The van der Waals surface area contributed by atoms with Crippen molar-refractivity contribution in [3.05, 3.63) is 83.8 Å². The van der Waals surface area contributed by atoms with Gasteiger partial charge in [-0.2, -0.15) is 0 Å². The van der Waals surface area contributed by atoms with E-state index in [1.165, 1.54) is 11.8 Å². The number of nitrogens with one attached hydrogen (secondary N) is 2. The molecule has 0 saturated carbocycles. The molecule has 0 unspecified atom stereocenters. The Bertz CT molecular complexity index is 900. The lowest BCUT2D eigenvalue weighted by atomic mass is 10.2. The molecule has 6 nitrogen and oxygen atoms in total. The molecule has 0 saturated heterocycles. The average molecular weight is 348 g/mol. The van der Waals surface area contributed by atoms with Gasteiger partial charge in [0, 0.05) is 11.4 Å². The SMILES string of the molecule is Cc1ccc(NC(N)=NCc2cccc(NC(=O)c3ccco3)c2)cc1. The maximum absolute atomic E-state index is 12.0. The van der Waals surface area contributed by atoms with Crippen LogP contribution in [0.1, 0.15) is 21.7 Å². The number of nitrogens with zero attached hydrogens (tertiary/aromatic N) is 1. The number of rotatable bonds is 5. The normalized spacial score (nSPS) is 11.2. The first kappa shape index (κ1) is 17.3. The minimum atomic E-state index is -0.295. The van der Waals surface area contributed by atoms with Crippen molar-refractivity contribution < 1.29 is 9.21 Å². The van der Waals surface area contributed by atoms with E-state index < -0.39 is 0 Å². The van der Waals surface area contributed by atoms with E-state index in [2.05, 4.69) is 15.6 Å².